The molecule has 0 atom stereocenters. The number of sulfone groups is 1. The van der Waals surface area contributed by atoms with Gasteiger partial charge in [0.1, 0.15) is 4.90 Å². The lowest BCUT2D eigenvalue weighted by atomic mass is 9.90. The molecule has 0 aromatic heterocycles. The Balaban J connectivity index is 1.53. The fourth-order valence-corrected chi connectivity index (χ4v) is 4.56. The second-order valence-corrected chi connectivity index (χ2v) is 9.79. The molecule has 0 spiro atoms. The first-order chi connectivity index (χ1) is 15.1. The number of benzene rings is 2. The largest absolute Gasteiger partial charge is 0.452 e. The molecule has 1 heterocycles. The Morgan fingerprint density at radius 2 is 1.78 bits per heavy atom. The number of amides is 1. The molecule has 0 aliphatic carbocycles. The van der Waals surface area contributed by atoms with E-state index in [1.807, 2.05) is 18.2 Å². The molecule has 1 amide bonds. The summed E-state index contributed by atoms with van der Waals surface area (Å²) in [6, 6.07) is 13.1. The third kappa shape index (κ3) is 5.91. The predicted molar refractivity (Wildman–Crippen MR) is 116 cm³/mol. The van der Waals surface area contributed by atoms with Crippen molar-refractivity contribution in [3.05, 3.63) is 69.8 Å². The fourth-order valence-electron chi connectivity index (χ4n) is 3.74. The van der Waals surface area contributed by atoms with Crippen molar-refractivity contribution < 1.29 is 27.7 Å². The Morgan fingerprint density at radius 3 is 2.38 bits per heavy atom. The van der Waals surface area contributed by atoms with Gasteiger partial charge in [0.05, 0.1) is 10.5 Å². The summed E-state index contributed by atoms with van der Waals surface area (Å²) in [5.41, 5.74) is 0.356. The number of piperidine rings is 1. The zero-order valence-electron chi connectivity index (χ0n) is 17.6. The summed E-state index contributed by atoms with van der Waals surface area (Å²) in [7, 11) is -3.84. The highest BCUT2D eigenvalue weighted by Crippen LogP contribution is 2.25. The van der Waals surface area contributed by atoms with Crippen LogP contribution in [0.3, 0.4) is 0 Å². The van der Waals surface area contributed by atoms with Crippen LogP contribution < -0.4 is 0 Å². The van der Waals surface area contributed by atoms with Gasteiger partial charge >= 0.3 is 5.97 Å². The predicted octanol–water partition coefficient (Wildman–Crippen LogP) is 2.64. The average molecular weight is 461 g/mol. The van der Waals surface area contributed by atoms with Gasteiger partial charge in [-0.2, -0.15) is 0 Å². The van der Waals surface area contributed by atoms with E-state index >= 15 is 0 Å². The van der Waals surface area contributed by atoms with Crippen LogP contribution in [-0.4, -0.2) is 56.1 Å². The number of nitrogens with zero attached hydrogens (tertiary/aromatic N) is 2. The second-order valence-electron chi connectivity index (χ2n) is 7.80. The smallest absolute Gasteiger partial charge is 0.338 e. The molecule has 9 nitrogen and oxygen atoms in total. The van der Waals surface area contributed by atoms with E-state index in [1.54, 1.807) is 4.90 Å². The minimum Gasteiger partial charge on any atom is -0.452 e. The number of nitro groups is 1. The molecule has 3 rings (SSSR count). The normalized spacial score (nSPS) is 14.7. The van der Waals surface area contributed by atoms with Crippen molar-refractivity contribution in [3.63, 3.8) is 0 Å². The van der Waals surface area contributed by atoms with Crippen molar-refractivity contribution in [3.8, 4) is 0 Å². The average Bonchev–Trinajstić information content (AvgIpc) is 2.77. The Bertz CT molecular complexity index is 1110. The number of carbonyl (C=O) groups is 2. The lowest BCUT2D eigenvalue weighted by molar-refractivity contribution is -0.387. The van der Waals surface area contributed by atoms with Gasteiger partial charge in [-0.25, -0.2) is 13.2 Å². The first-order valence-electron chi connectivity index (χ1n) is 10.1. The lowest BCUT2D eigenvalue weighted by Gasteiger charge is -2.32. The third-order valence-corrected chi connectivity index (χ3v) is 6.60. The van der Waals surface area contributed by atoms with Gasteiger partial charge in [0.15, 0.2) is 16.4 Å². The maximum Gasteiger partial charge on any atom is 0.338 e. The third-order valence-electron chi connectivity index (χ3n) is 5.45. The van der Waals surface area contributed by atoms with Gasteiger partial charge in [0.25, 0.3) is 11.6 Å². The molecule has 32 heavy (non-hydrogen) atoms. The van der Waals surface area contributed by atoms with Gasteiger partial charge in [-0.1, -0.05) is 30.3 Å². The monoisotopic (exact) mass is 460 g/mol. The number of hydrogen-bond donors (Lipinski definition) is 0. The summed E-state index contributed by atoms with van der Waals surface area (Å²) in [5, 5.41) is 11.2. The van der Waals surface area contributed by atoms with E-state index in [4.69, 9.17) is 4.74 Å². The Labute approximate surface area is 186 Å². The summed E-state index contributed by atoms with van der Waals surface area (Å²) in [4.78, 5) is 36.1. The zero-order valence-corrected chi connectivity index (χ0v) is 18.4. The van der Waals surface area contributed by atoms with E-state index in [2.05, 4.69) is 12.1 Å². The maximum atomic E-state index is 12.4. The van der Waals surface area contributed by atoms with E-state index < -0.39 is 37.9 Å². The summed E-state index contributed by atoms with van der Waals surface area (Å²) < 4.78 is 28.4. The van der Waals surface area contributed by atoms with Gasteiger partial charge in [0.2, 0.25) is 0 Å². The van der Waals surface area contributed by atoms with Crippen molar-refractivity contribution in [2.75, 3.05) is 26.0 Å². The van der Waals surface area contributed by atoms with Crippen LogP contribution in [0.4, 0.5) is 5.69 Å². The van der Waals surface area contributed by atoms with E-state index in [0.29, 0.717) is 19.0 Å². The summed E-state index contributed by atoms with van der Waals surface area (Å²) in [6.07, 6.45) is 3.51. The fraction of sp³-hybridized carbons (Fsp3) is 0.364. The van der Waals surface area contributed by atoms with Crippen LogP contribution in [-0.2, 0) is 25.8 Å². The standard InChI is InChI=1S/C22H24N2O7S/c1-32(29,30)20-8-7-18(14-19(20)24(27)28)22(26)31-15-21(25)23-11-9-17(10-12-23)13-16-5-3-2-4-6-16/h2-8,14,17H,9-13,15H2,1H3. The topological polar surface area (TPSA) is 124 Å². The molecule has 0 unspecified atom stereocenters. The molecule has 1 fully saturated rings. The van der Waals surface area contributed by atoms with Crippen molar-refractivity contribution in [2.45, 2.75) is 24.2 Å². The maximum absolute atomic E-state index is 12.4. The molecule has 170 valence electrons. The molecule has 1 aliphatic heterocycles. The van der Waals surface area contributed by atoms with Gasteiger partial charge in [-0.15, -0.1) is 0 Å². The highest BCUT2D eigenvalue weighted by atomic mass is 32.2. The van der Waals surface area contributed by atoms with E-state index in [0.717, 1.165) is 43.7 Å². The number of esters is 1. The molecule has 1 saturated heterocycles. The van der Waals surface area contributed by atoms with Crippen LogP contribution >= 0.6 is 0 Å². The SMILES string of the molecule is CS(=O)(=O)c1ccc(C(=O)OCC(=O)N2CCC(Cc3ccccc3)CC2)cc1[N+](=O)[O-]. The number of ether oxygens (including phenoxy) is 1. The molecule has 10 heteroatoms. The second kappa shape index (κ2) is 9.90. The van der Waals surface area contributed by atoms with Gasteiger partial charge in [-0.05, 0) is 42.9 Å². The minimum absolute atomic E-state index is 0.196. The van der Waals surface area contributed by atoms with E-state index in [-0.39, 0.29) is 11.5 Å². The molecule has 0 bridgehead atoms. The van der Waals surface area contributed by atoms with Crippen molar-refractivity contribution in [1.82, 2.24) is 4.90 Å². The minimum atomic E-state index is -3.84. The molecule has 2 aromatic rings. The molecule has 0 radical (unpaired) electrons. The van der Waals surface area contributed by atoms with Crippen molar-refractivity contribution in [2.24, 2.45) is 5.92 Å². The van der Waals surface area contributed by atoms with E-state index in [1.165, 1.54) is 5.56 Å². The van der Waals surface area contributed by atoms with Crippen LogP contribution in [0.5, 0.6) is 0 Å². The highest BCUT2D eigenvalue weighted by molar-refractivity contribution is 7.90. The van der Waals surface area contributed by atoms with Crippen molar-refractivity contribution >= 4 is 27.4 Å². The molecule has 2 aromatic carbocycles. The number of rotatable bonds is 7. The van der Waals surface area contributed by atoms with Crippen LogP contribution in [0.25, 0.3) is 0 Å². The van der Waals surface area contributed by atoms with Crippen LogP contribution in [0.1, 0.15) is 28.8 Å². The summed E-state index contributed by atoms with van der Waals surface area (Å²) in [5.74, 6) is -0.780. The van der Waals surface area contributed by atoms with Gasteiger partial charge in [-0.3, -0.25) is 14.9 Å². The van der Waals surface area contributed by atoms with Gasteiger partial charge < -0.3 is 9.64 Å². The first kappa shape index (κ1) is 23.4. The molecular weight excluding hydrogens is 436 g/mol. The molecular formula is C22H24N2O7S. The molecule has 1 aliphatic rings. The number of likely N-dealkylation sites (tertiary alicyclic amines) is 1. The Hall–Kier alpha value is -3.27. The number of hydrogen-bond acceptors (Lipinski definition) is 7. The number of carbonyl (C=O) groups excluding carboxylic acids is 2. The summed E-state index contributed by atoms with van der Waals surface area (Å²) in [6.45, 7) is 0.661. The van der Waals surface area contributed by atoms with Crippen LogP contribution in [0.15, 0.2) is 53.4 Å². The molecule has 0 saturated carbocycles. The summed E-state index contributed by atoms with van der Waals surface area (Å²) >= 11 is 0. The zero-order chi connectivity index (χ0) is 23.3. The Kier molecular flexibility index (Phi) is 7.24. The number of nitro benzene ring substituents is 1. The lowest BCUT2D eigenvalue weighted by Crippen LogP contribution is -2.41. The van der Waals surface area contributed by atoms with Crippen molar-refractivity contribution in [1.29, 1.82) is 0 Å². The quantitative estimate of drug-likeness (QED) is 0.353. The van der Waals surface area contributed by atoms with Gasteiger partial charge in [0, 0.05) is 25.4 Å². The van der Waals surface area contributed by atoms with E-state index in [9.17, 15) is 28.1 Å². The van der Waals surface area contributed by atoms with Crippen LogP contribution in [0.2, 0.25) is 0 Å². The molecule has 0 N–H and O–H groups in total. The van der Waals surface area contributed by atoms with Crippen LogP contribution in [0, 0.1) is 16.0 Å². The first-order valence-corrected chi connectivity index (χ1v) is 12.0. The Morgan fingerprint density at radius 1 is 1.12 bits per heavy atom. The highest BCUT2D eigenvalue weighted by Gasteiger charge is 2.26.